The third-order valence-corrected chi connectivity index (χ3v) is 4.95. The lowest BCUT2D eigenvalue weighted by Gasteiger charge is -2.26. The fraction of sp³-hybridized carbons (Fsp3) is 0.238. The Morgan fingerprint density at radius 3 is 2.29 bits per heavy atom. The number of nitrogens with one attached hydrogen (secondary N) is 2. The highest BCUT2D eigenvalue weighted by Gasteiger charge is 2.31. The van der Waals surface area contributed by atoms with Gasteiger partial charge in [0.2, 0.25) is 0 Å². The summed E-state index contributed by atoms with van der Waals surface area (Å²) in [5, 5.41) is 27.3. The van der Waals surface area contributed by atoms with Crippen molar-refractivity contribution in [2.45, 2.75) is 5.92 Å². The molecule has 0 radical (unpaired) electrons. The maximum absolute atomic E-state index is 9.50. The van der Waals surface area contributed by atoms with E-state index in [2.05, 4.69) is 35.4 Å². The lowest BCUT2D eigenvalue weighted by Crippen LogP contribution is -2.30. The van der Waals surface area contributed by atoms with E-state index in [4.69, 9.17) is 10.5 Å². The van der Waals surface area contributed by atoms with Crippen molar-refractivity contribution in [3.63, 3.8) is 0 Å². The van der Waals surface area contributed by atoms with E-state index >= 15 is 0 Å². The highest BCUT2D eigenvalue weighted by Crippen LogP contribution is 2.39. The summed E-state index contributed by atoms with van der Waals surface area (Å²) in [6.45, 7) is 3.83. The van der Waals surface area contributed by atoms with Crippen molar-refractivity contribution >= 4 is 23.4 Å². The predicted octanol–water partition coefficient (Wildman–Crippen LogP) is 2.49. The number of ether oxygens (including phenoxy) is 1. The summed E-state index contributed by atoms with van der Waals surface area (Å²) in [6.07, 6.45) is 0. The summed E-state index contributed by atoms with van der Waals surface area (Å²) in [5.41, 5.74) is 7.53. The Balaban J connectivity index is 0.000000320. The van der Waals surface area contributed by atoms with Gasteiger partial charge in [0.15, 0.2) is 0 Å². The van der Waals surface area contributed by atoms with Gasteiger partial charge < -0.3 is 21.1 Å². The average molecular weight is 392 g/mol. The fourth-order valence-electron chi connectivity index (χ4n) is 3.27. The fourth-order valence-corrected chi connectivity index (χ4v) is 3.57. The van der Waals surface area contributed by atoms with Crippen molar-refractivity contribution in [1.29, 1.82) is 10.5 Å². The molecular weight excluding hydrogens is 370 g/mol. The minimum absolute atomic E-state index is 0.240. The second-order valence-corrected chi connectivity index (χ2v) is 6.75. The monoisotopic (exact) mass is 391 g/mol. The number of benzene rings is 2. The van der Waals surface area contributed by atoms with Gasteiger partial charge in [-0.05, 0) is 16.3 Å². The SMILES string of the molecule is C1COCCN1.N#CC1=C(N)NC(S)=C(C#N)C1c1cccc2ccccc12. The summed E-state index contributed by atoms with van der Waals surface area (Å²) in [5.74, 6) is -0.265. The molecule has 1 unspecified atom stereocenters. The Morgan fingerprint density at radius 2 is 1.68 bits per heavy atom. The highest BCUT2D eigenvalue weighted by atomic mass is 32.1. The van der Waals surface area contributed by atoms with Crippen LogP contribution < -0.4 is 16.4 Å². The molecule has 6 nitrogen and oxygen atoms in total. The van der Waals surface area contributed by atoms with Crippen LogP contribution in [0.4, 0.5) is 0 Å². The molecular formula is C21H21N5OS. The van der Waals surface area contributed by atoms with Gasteiger partial charge in [-0.15, -0.1) is 12.6 Å². The van der Waals surface area contributed by atoms with Crippen LogP contribution >= 0.6 is 12.6 Å². The zero-order chi connectivity index (χ0) is 19.9. The molecule has 2 heterocycles. The first-order valence-corrected chi connectivity index (χ1v) is 9.38. The minimum Gasteiger partial charge on any atom is -0.384 e. The zero-order valence-corrected chi connectivity index (χ0v) is 16.2. The Labute approximate surface area is 169 Å². The van der Waals surface area contributed by atoms with Crippen LogP contribution in [0.2, 0.25) is 0 Å². The van der Waals surface area contributed by atoms with E-state index in [-0.39, 0.29) is 5.82 Å². The van der Waals surface area contributed by atoms with Gasteiger partial charge in [-0.2, -0.15) is 10.5 Å². The van der Waals surface area contributed by atoms with Crippen LogP contribution in [0.25, 0.3) is 10.8 Å². The zero-order valence-electron chi connectivity index (χ0n) is 15.3. The average Bonchev–Trinajstić information content (AvgIpc) is 2.74. The van der Waals surface area contributed by atoms with Crippen molar-refractivity contribution in [3.05, 3.63) is 70.0 Å². The van der Waals surface area contributed by atoms with Gasteiger partial charge in [0, 0.05) is 13.1 Å². The van der Waals surface area contributed by atoms with Crippen LogP contribution in [0, 0.1) is 22.7 Å². The number of hydrogen-bond acceptors (Lipinski definition) is 7. The standard InChI is InChI=1S/C17H12N4S.C4H9NO/c18-8-13-15(14(9-19)17(22)21-16(13)20)12-7-3-5-10-4-1-2-6-11(10)12;1-3-6-4-2-5-1/h1-7,15,21-22H,20H2;5H,1-4H2. The third-order valence-electron chi connectivity index (χ3n) is 4.60. The molecule has 0 aliphatic carbocycles. The number of nitriles is 2. The second-order valence-electron chi connectivity index (χ2n) is 6.30. The normalized spacial score (nSPS) is 19.2. The van der Waals surface area contributed by atoms with E-state index in [1.165, 1.54) is 0 Å². The van der Waals surface area contributed by atoms with E-state index in [9.17, 15) is 10.5 Å². The maximum Gasteiger partial charge on any atom is 0.116 e. The van der Waals surface area contributed by atoms with Crippen molar-refractivity contribution in [3.8, 4) is 12.1 Å². The number of thiol groups is 1. The largest absolute Gasteiger partial charge is 0.384 e. The summed E-state index contributed by atoms with van der Waals surface area (Å²) in [6, 6.07) is 18.0. The van der Waals surface area contributed by atoms with Gasteiger partial charge in [-0.1, -0.05) is 42.5 Å². The van der Waals surface area contributed by atoms with Crippen LogP contribution in [0.3, 0.4) is 0 Å². The molecule has 0 aromatic heterocycles. The number of fused-ring (bicyclic) bond motifs is 1. The van der Waals surface area contributed by atoms with Gasteiger partial charge >= 0.3 is 0 Å². The van der Waals surface area contributed by atoms with Crippen molar-refractivity contribution < 1.29 is 4.74 Å². The Morgan fingerprint density at radius 1 is 1.00 bits per heavy atom. The molecule has 0 bridgehead atoms. The number of dihydropyridines is 1. The number of nitrogens with zero attached hydrogens (tertiary/aromatic N) is 2. The summed E-state index contributed by atoms with van der Waals surface area (Å²) >= 11 is 4.30. The lowest BCUT2D eigenvalue weighted by atomic mass is 9.82. The highest BCUT2D eigenvalue weighted by molar-refractivity contribution is 7.84. The Bertz CT molecular complexity index is 959. The van der Waals surface area contributed by atoms with E-state index < -0.39 is 5.92 Å². The smallest absolute Gasteiger partial charge is 0.116 e. The van der Waals surface area contributed by atoms with E-state index in [1.807, 2.05) is 42.5 Å². The Kier molecular flexibility index (Phi) is 6.57. The number of morpholine rings is 1. The predicted molar refractivity (Wildman–Crippen MR) is 112 cm³/mol. The number of nitrogens with two attached hydrogens (primary N) is 1. The van der Waals surface area contributed by atoms with Gasteiger partial charge in [-0.25, -0.2) is 0 Å². The van der Waals surface area contributed by atoms with E-state index in [0.717, 1.165) is 42.6 Å². The van der Waals surface area contributed by atoms with Crippen LogP contribution in [0.1, 0.15) is 11.5 Å². The number of allylic oxidation sites excluding steroid dienone is 2. The molecule has 7 heteroatoms. The van der Waals surface area contributed by atoms with Gasteiger partial charge in [0.05, 0.1) is 47.4 Å². The molecule has 2 aromatic rings. The van der Waals surface area contributed by atoms with E-state index in [0.29, 0.717) is 16.2 Å². The van der Waals surface area contributed by atoms with Gasteiger partial charge in [0.1, 0.15) is 5.82 Å². The van der Waals surface area contributed by atoms with Crippen LogP contribution in [0.5, 0.6) is 0 Å². The molecule has 142 valence electrons. The minimum atomic E-state index is -0.505. The van der Waals surface area contributed by atoms with Crippen LogP contribution in [0.15, 0.2) is 64.5 Å². The first kappa shape index (κ1) is 19.8. The molecule has 0 spiro atoms. The molecule has 2 aliphatic heterocycles. The van der Waals surface area contributed by atoms with Gasteiger partial charge in [0.25, 0.3) is 0 Å². The number of rotatable bonds is 1. The first-order chi connectivity index (χ1) is 13.7. The van der Waals surface area contributed by atoms with Crippen molar-refractivity contribution in [1.82, 2.24) is 10.6 Å². The lowest BCUT2D eigenvalue weighted by molar-refractivity contribution is 0.109. The molecule has 4 N–H and O–H groups in total. The van der Waals surface area contributed by atoms with E-state index in [1.54, 1.807) is 0 Å². The first-order valence-electron chi connectivity index (χ1n) is 8.93. The molecule has 28 heavy (non-hydrogen) atoms. The summed E-state index contributed by atoms with van der Waals surface area (Å²) in [4.78, 5) is 0. The molecule has 0 amide bonds. The van der Waals surface area contributed by atoms with Crippen LogP contribution in [-0.2, 0) is 4.74 Å². The van der Waals surface area contributed by atoms with Crippen molar-refractivity contribution in [2.75, 3.05) is 26.3 Å². The molecule has 1 atom stereocenters. The molecule has 2 aliphatic rings. The molecule has 1 fully saturated rings. The summed E-state index contributed by atoms with van der Waals surface area (Å²) < 4.78 is 5.01. The molecule has 0 saturated carbocycles. The molecule has 1 saturated heterocycles. The van der Waals surface area contributed by atoms with Crippen molar-refractivity contribution in [2.24, 2.45) is 5.73 Å². The maximum atomic E-state index is 9.50. The summed E-state index contributed by atoms with van der Waals surface area (Å²) in [7, 11) is 0. The van der Waals surface area contributed by atoms with Crippen LogP contribution in [-0.4, -0.2) is 26.3 Å². The number of hydrogen-bond donors (Lipinski definition) is 4. The Hall–Kier alpha value is -2.97. The molecule has 4 rings (SSSR count). The topological polar surface area (TPSA) is 107 Å². The van der Waals surface area contributed by atoms with Gasteiger partial charge in [-0.3, -0.25) is 0 Å². The third kappa shape index (κ3) is 4.13. The quantitative estimate of drug-likeness (QED) is 0.557. The second kappa shape index (κ2) is 9.29. The molecule has 2 aromatic carbocycles.